The summed E-state index contributed by atoms with van der Waals surface area (Å²) >= 11 is 5.83. The van der Waals surface area contributed by atoms with Crippen molar-refractivity contribution in [2.75, 3.05) is 5.32 Å². The molecule has 5 nitrogen and oxygen atoms in total. The van der Waals surface area contributed by atoms with Crippen LogP contribution in [0.15, 0.2) is 36.7 Å². The molecule has 0 unspecified atom stereocenters. The van der Waals surface area contributed by atoms with Crippen molar-refractivity contribution in [3.63, 3.8) is 0 Å². The highest BCUT2D eigenvalue weighted by molar-refractivity contribution is 6.29. The van der Waals surface area contributed by atoms with Gasteiger partial charge in [0, 0.05) is 23.4 Å². The molecular weight excluding hydrogens is 312 g/mol. The zero-order chi connectivity index (χ0) is 16.1. The van der Waals surface area contributed by atoms with Crippen LogP contribution in [0, 0.1) is 0 Å². The number of nitrogens with zero attached hydrogens (tertiary/aromatic N) is 2. The standard InChI is InChI=1S/C17H19ClN4O/c18-15-10-16(20-11-19-15)21-14-8-6-12(7-9-14)17(23)22-13-4-2-1-3-5-13/h6-11,13H,1-5H2,(H,22,23)(H,19,20,21). The third kappa shape index (κ3) is 4.42. The molecule has 1 aliphatic carbocycles. The molecule has 120 valence electrons. The molecule has 2 aromatic rings. The molecule has 0 radical (unpaired) electrons. The topological polar surface area (TPSA) is 66.9 Å². The Morgan fingerprint density at radius 2 is 1.83 bits per heavy atom. The summed E-state index contributed by atoms with van der Waals surface area (Å²) in [6, 6.07) is 9.28. The predicted molar refractivity (Wildman–Crippen MR) is 91.1 cm³/mol. The fourth-order valence-corrected chi connectivity index (χ4v) is 2.92. The van der Waals surface area contributed by atoms with Crippen LogP contribution < -0.4 is 10.6 Å². The third-order valence-electron chi connectivity index (χ3n) is 3.99. The van der Waals surface area contributed by atoms with Crippen LogP contribution in [0.1, 0.15) is 42.5 Å². The van der Waals surface area contributed by atoms with E-state index in [1.165, 1.54) is 25.6 Å². The van der Waals surface area contributed by atoms with E-state index in [2.05, 4.69) is 20.6 Å². The number of benzene rings is 1. The highest BCUT2D eigenvalue weighted by Crippen LogP contribution is 2.19. The Hall–Kier alpha value is -2.14. The number of carbonyl (C=O) groups is 1. The first-order valence-corrected chi connectivity index (χ1v) is 8.24. The predicted octanol–water partition coefficient (Wildman–Crippen LogP) is 3.94. The van der Waals surface area contributed by atoms with Crippen LogP contribution in [-0.2, 0) is 0 Å². The van der Waals surface area contributed by atoms with Crippen LogP contribution in [0.5, 0.6) is 0 Å². The number of anilines is 2. The minimum absolute atomic E-state index is 0.00599. The smallest absolute Gasteiger partial charge is 0.251 e. The van der Waals surface area contributed by atoms with Crippen molar-refractivity contribution in [1.82, 2.24) is 15.3 Å². The summed E-state index contributed by atoms with van der Waals surface area (Å²) in [5.74, 6) is 0.609. The highest BCUT2D eigenvalue weighted by Gasteiger charge is 2.16. The second kappa shape index (κ2) is 7.42. The van der Waals surface area contributed by atoms with Gasteiger partial charge in [0.05, 0.1) is 0 Å². The van der Waals surface area contributed by atoms with E-state index >= 15 is 0 Å². The van der Waals surface area contributed by atoms with Crippen molar-refractivity contribution in [1.29, 1.82) is 0 Å². The van der Waals surface area contributed by atoms with Gasteiger partial charge in [0.2, 0.25) is 0 Å². The molecule has 2 N–H and O–H groups in total. The van der Waals surface area contributed by atoms with Crippen LogP contribution in [0.25, 0.3) is 0 Å². The number of rotatable bonds is 4. The summed E-state index contributed by atoms with van der Waals surface area (Å²) in [6.45, 7) is 0. The van der Waals surface area contributed by atoms with E-state index < -0.39 is 0 Å². The quantitative estimate of drug-likeness (QED) is 0.833. The fourth-order valence-electron chi connectivity index (χ4n) is 2.77. The van der Waals surface area contributed by atoms with E-state index in [9.17, 15) is 4.79 Å². The normalized spacial score (nSPS) is 15.2. The molecule has 6 heteroatoms. The Kier molecular flexibility index (Phi) is 5.08. The lowest BCUT2D eigenvalue weighted by Gasteiger charge is -2.22. The molecule has 0 spiro atoms. The summed E-state index contributed by atoms with van der Waals surface area (Å²) in [5, 5.41) is 6.62. The zero-order valence-electron chi connectivity index (χ0n) is 12.8. The number of nitrogens with one attached hydrogen (secondary N) is 2. The van der Waals surface area contributed by atoms with Crippen LogP contribution in [0.2, 0.25) is 5.15 Å². The molecule has 1 aliphatic rings. The number of amides is 1. The Labute approximate surface area is 140 Å². The van der Waals surface area contributed by atoms with Gasteiger partial charge in [-0.3, -0.25) is 4.79 Å². The average Bonchev–Trinajstić information content (AvgIpc) is 2.56. The zero-order valence-corrected chi connectivity index (χ0v) is 13.5. The molecule has 0 aliphatic heterocycles. The second-order valence-electron chi connectivity index (χ2n) is 5.74. The van der Waals surface area contributed by atoms with Crippen molar-refractivity contribution in [2.24, 2.45) is 0 Å². The van der Waals surface area contributed by atoms with Crippen LogP contribution >= 0.6 is 11.6 Å². The highest BCUT2D eigenvalue weighted by atomic mass is 35.5. The summed E-state index contributed by atoms with van der Waals surface area (Å²) in [4.78, 5) is 20.2. The lowest BCUT2D eigenvalue weighted by Crippen LogP contribution is -2.36. The maximum absolute atomic E-state index is 12.3. The lowest BCUT2D eigenvalue weighted by molar-refractivity contribution is 0.0928. The van der Waals surface area contributed by atoms with Gasteiger partial charge in [0.15, 0.2) is 0 Å². The van der Waals surface area contributed by atoms with Crippen LogP contribution in [-0.4, -0.2) is 21.9 Å². The number of carbonyl (C=O) groups excluding carboxylic acids is 1. The molecule has 1 heterocycles. The summed E-state index contributed by atoms with van der Waals surface area (Å²) < 4.78 is 0. The SMILES string of the molecule is O=C(NC1CCCCC1)c1ccc(Nc2cc(Cl)ncn2)cc1. The van der Waals surface area contributed by atoms with Gasteiger partial charge in [-0.2, -0.15) is 0 Å². The number of halogens is 1. The minimum Gasteiger partial charge on any atom is -0.349 e. The minimum atomic E-state index is -0.00599. The maximum Gasteiger partial charge on any atom is 0.251 e. The van der Waals surface area contributed by atoms with Crippen LogP contribution in [0.3, 0.4) is 0 Å². The molecule has 1 aromatic heterocycles. The molecule has 1 aromatic carbocycles. The van der Waals surface area contributed by atoms with E-state index in [1.54, 1.807) is 6.07 Å². The molecule has 1 amide bonds. The Balaban J connectivity index is 1.61. The van der Waals surface area contributed by atoms with Crippen molar-refractivity contribution in [3.05, 3.63) is 47.4 Å². The van der Waals surface area contributed by atoms with Crippen molar-refractivity contribution < 1.29 is 4.79 Å². The Morgan fingerprint density at radius 1 is 1.09 bits per heavy atom. The van der Waals surface area contributed by atoms with E-state index in [0.29, 0.717) is 22.6 Å². The molecule has 1 saturated carbocycles. The molecule has 23 heavy (non-hydrogen) atoms. The summed E-state index contributed by atoms with van der Waals surface area (Å²) in [5.41, 5.74) is 1.51. The lowest BCUT2D eigenvalue weighted by atomic mass is 9.95. The molecule has 0 bridgehead atoms. The third-order valence-corrected chi connectivity index (χ3v) is 4.20. The number of hydrogen-bond donors (Lipinski definition) is 2. The fraction of sp³-hybridized carbons (Fsp3) is 0.353. The van der Waals surface area contributed by atoms with Gasteiger partial charge in [-0.25, -0.2) is 9.97 Å². The largest absolute Gasteiger partial charge is 0.349 e. The van der Waals surface area contributed by atoms with E-state index in [1.807, 2.05) is 24.3 Å². The average molecular weight is 331 g/mol. The van der Waals surface area contributed by atoms with Gasteiger partial charge in [-0.1, -0.05) is 30.9 Å². The second-order valence-corrected chi connectivity index (χ2v) is 6.12. The number of hydrogen-bond acceptors (Lipinski definition) is 4. The molecule has 1 fully saturated rings. The van der Waals surface area contributed by atoms with Gasteiger partial charge in [-0.05, 0) is 37.1 Å². The summed E-state index contributed by atoms with van der Waals surface area (Å²) in [6.07, 6.45) is 7.25. The van der Waals surface area contributed by atoms with Crippen molar-refractivity contribution >= 4 is 29.0 Å². The monoisotopic (exact) mass is 330 g/mol. The van der Waals surface area contributed by atoms with Gasteiger partial charge in [0.1, 0.15) is 17.3 Å². The maximum atomic E-state index is 12.3. The first-order valence-electron chi connectivity index (χ1n) is 7.86. The molecule has 0 atom stereocenters. The Morgan fingerprint density at radius 3 is 2.52 bits per heavy atom. The summed E-state index contributed by atoms with van der Waals surface area (Å²) in [7, 11) is 0. The van der Waals surface area contributed by atoms with Crippen LogP contribution in [0.4, 0.5) is 11.5 Å². The van der Waals surface area contributed by atoms with E-state index in [-0.39, 0.29) is 5.91 Å². The van der Waals surface area contributed by atoms with Gasteiger partial charge in [-0.15, -0.1) is 0 Å². The van der Waals surface area contributed by atoms with Gasteiger partial charge < -0.3 is 10.6 Å². The Bertz CT molecular complexity index is 669. The van der Waals surface area contributed by atoms with E-state index in [0.717, 1.165) is 18.5 Å². The van der Waals surface area contributed by atoms with Crippen molar-refractivity contribution in [2.45, 2.75) is 38.1 Å². The van der Waals surface area contributed by atoms with Crippen molar-refractivity contribution in [3.8, 4) is 0 Å². The number of aromatic nitrogens is 2. The first kappa shape index (κ1) is 15.7. The molecule has 3 rings (SSSR count). The van der Waals surface area contributed by atoms with E-state index in [4.69, 9.17) is 11.6 Å². The van der Waals surface area contributed by atoms with Gasteiger partial charge in [0.25, 0.3) is 5.91 Å². The first-order chi connectivity index (χ1) is 11.2. The van der Waals surface area contributed by atoms with Gasteiger partial charge >= 0.3 is 0 Å². The molecular formula is C17H19ClN4O. The molecule has 0 saturated heterocycles.